The predicted octanol–water partition coefficient (Wildman–Crippen LogP) is 2.30. The van der Waals surface area contributed by atoms with Crippen LogP contribution in [-0.2, 0) is 16.0 Å². The highest BCUT2D eigenvalue weighted by Crippen LogP contribution is 2.18. The van der Waals surface area contributed by atoms with Crippen LogP contribution < -0.4 is 5.32 Å². The van der Waals surface area contributed by atoms with Crippen LogP contribution in [0.5, 0.6) is 0 Å². The van der Waals surface area contributed by atoms with Crippen molar-refractivity contribution < 1.29 is 9.59 Å². The average Bonchev–Trinajstić information content (AvgIpc) is 2.88. The van der Waals surface area contributed by atoms with E-state index in [1.54, 1.807) is 0 Å². The SMILES string of the molecule is CCCCNC(=O)[C@@H]1CC(=O)N(CCc2ccc(C)cc2)C1. The first kappa shape index (κ1) is 16.5. The number of rotatable bonds is 7. The molecular formula is C18H26N2O2. The Morgan fingerprint density at radius 2 is 2.05 bits per heavy atom. The Kier molecular flexibility index (Phi) is 5.99. The van der Waals surface area contributed by atoms with E-state index in [0.717, 1.165) is 19.3 Å². The van der Waals surface area contributed by atoms with Crippen molar-refractivity contribution in [1.29, 1.82) is 0 Å². The van der Waals surface area contributed by atoms with Crippen LogP contribution in [0.15, 0.2) is 24.3 Å². The van der Waals surface area contributed by atoms with Crippen LogP contribution in [0.4, 0.5) is 0 Å². The van der Waals surface area contributed by atoms with E-state index in [1.807, 2.05) is 4.90 Å². The van der Waals surface area contributed by atoms with Gasteiger partial charge in [-0.25, -0.2) is 0 Å². The Bertz CT molecular complexity index is 510. The van der Waals surface area contributed by atoms with E-state index in [9.17, 15) is 9.59 Å². The third-order valence-electron chi connectivity index (χ3n) is 4.21. The molecule has 120 valence electrons. The average molecular weight is 302 g/mol. The molecule has 1 N–H and O–H groups in total. The van der Waals surface area contributed by atoms with Crippen LogP contribution in [0, 0.1) is 12.8 Å². The smallest absolute Gasteiger partial charge is 0.225 e. The minimum Gasteiger partial charge on any atom is -0.356 e. The summed E-state index contributed by atoms with van der Waals surface area (Å²) >= 11 is 0. The second kappa shape index (κ2) is 7.97. The lowest BCUT2D eigenvalue weighted by molar-refractivity contribution is -0.129. The predicted molar refractivity (Wildman–Crippen MR) is 87.5 cm³/mol. The van der Waals surface area contributed by atoms with Crippen molar-refractivity contribution in [2.24, 2.45) is 5.92 Å². The van der Waals surface area contributed by atoms with E-state index in [1.165, 1.54) is 11.1 Å². The second-order valence-corrected chi connectivity index (χ2v) is 6.12. The number of hydrogen-bond acceptors (Lipinski definition) is 2. The Balaban J connectivity index is 1.79. The molecule has 22 heavy (non-hydrogen) atoms. The zero-order valence-corrected chi connectivity index (χ0v) is 13.6. The summed E-state index contributed by atoms with van der Waals surface area (Å²) in [5, 5.41) is 2.93. The van der Waals surface area contributed by atoms with Crippen molar-refractivity contribution in [1.82, 2.24) is 10.2 Å². The Morgan fingerprint density at radius 1 is 1.32 bits per heavy atom. The lowest BCUT2D eigenvalue weighted by atomic mass is 10.1. The van der Waals surface area contributed by atoms with Crippen molar-refractivity contribution in [3.05, 3.63) is 35.4 Å². The molecule has 1 aromatic carbocycles. The summed E-state index contributed by atoms with van der Waals surface area (Å²) in [7, 11) is 0. The standard InChI is InChI=1S/C18H26N2O2/c1-3-4-10-19-18(22)16-12-17(21)20(13-16)11-9-15-7-5-14(2)6-8-15/h5-8,16H,3-4,9-13H2,1-2H3,(H,19,22)/t16-/m1/s1. The van der Waals surface area contributed by atoms with Crippen LogP contribution in [0.25, 0.3) is 0 Å². The van der Waals surface area contributed by atoms with Crippen molar-refractivity contribution in [3.63, 3.8) is 0 Å². The van der Waals surface area contributed by atoms with Gasteiger partial charge in [0.1, 0.15) is 0 Å². The minimum absolute atomic E-state index is 0.0274. The van der Waals surface area contributed by atoms with Crippen LogP contribution in [0.1, 0.15) is 37.3 Å². The van der Waals surface area contributed by atoms with Gasteiger partial charge in [0, 0.05) is 26.1 Å². The number of benzene rings is 1. The topological polar surface area (TPSA) is 49.4 Å². The molecule has 0 bridgehead atoms. The molecule has 0 aliphatic carbocycles. The van der Waals surface area contributed by atoms with Gasteiger partial charge in [-0.3, -0.25) is 9.59 Å². The normalized spacial score (nSPS) is 17.8. The van der Waals surface area contributed by atoms with E-state index in [-0.39, 0.29) is 17.7 Å². The van der Waals surface area contributed by atoms with E-state index in [0.29, 0.717) is 26.1 Å². The summed E-state index contributed by atoms with van der Waals surface area (Å²) in [5.74, 6) is -0.0511. The van der Waals surface area contributed by atoms with Gasteiger partial charge in [0.05, 0.1) is 5.92 Å². The first-order chi connectivity index (χ1) is 10.6. The van der Waals surface area contributed by atoms with Crippen LogP contribution in [0.2, 0.25) is 0 Å². The maximum Gasteiger partial charge on any atom is 0.225 e. The summed E-state index contributed by atoms with van der Waals surface area (Å²) in [4.78, 5) is 25.9. The molecule has 0 aromatic heterocycles. The molecule has 1 aromatic rings. The quantitative estimate of drug-likeness (QED) is 0.786. The van der Waals surface area contributed by atoms with Gasteiger partial charge < -0.3 is 10.2 Å². The number of nitrogens with one attached hydrogen (secondary N) is 1. The van der Waals surface area contributed by atoms with Crippen LogP contribution >= 0.6 is 0 Å². The summed E-state index contributed by atoms with van der Waals surface area (Å²) in [6.07, 6.45) is 3.25. The second-order valence-electron chi connectivity index (χ2n) is 6.12. The molecule has 1 heterocycles. The number of carbonyl (C=O) groups is 2. The fourth-order valence-corrected chi connectivity index (χ4v) is 2.72. The minimum atomic E-state index is -0.178. The number of nitrogens with zero attached hydrogens (tertiary/aromatic N) is 1. The molecule has 2 amide bonds. The van der Waals surface area contributed by atoms with Gasteiger partial charge >= 0.3 is 0 Å². The highest BCUT2D eigenvalue weighted by Gasteiger charge is 2.33. The van der Waals surface area contributed by atoms with Gasteiger partial charge in [0.2, 0.25) is 11.8 Å². The number of carbonyl (C=O) groups excluding carboxylic acids is 2. The first-order valence-corrected chi connectivity index (χ1v) is 8.21. The molecule has 0 radical (unpaired) electrons. The molecule has 1 aliphatic heterocycles. The molecule has 0 saturated carbocycles. The van der Waals surface area contributed by atoms with Crippen molar-refractivity contribution >= 4 is 11.8 Å². The van der Waals surface area contributed by atoms with Crippen molar-refractivity contribution in [2.45, 2.75) is 39.5 Å². The molecule has 4 nitrogen and oxygen atoms in total. The lowest BCUT2D eigenvalue weighted by Gasteiger charge is -2.16. The maximum absolute atomic E-state index is 12.0. The molecule has 0 unspecified atom stereocenters. The molecule has 1 atom stereocenters. The summed E-state index contributed by atoms with van der Waals surface area (Å²) < 4.78 is 0. The summed E-state index contributed by atoms with van der Waals surface area (Å²) in [6, 6.07) is 8.38. The fraction of sp³-hybridized carbons (Fsp3) is 0.556. The third kappa shape index (κ3) is 4.58. The third-order valence-corrected chi connectivity index (χ3v) is 4.21. The fourth-order valence-electron chi connectivity index (χ4n) is 2.72. The van der Waals surface area contributed by atoms with Gasteiger partial charge in [-0.15, -0.1) is 0 Å². The van der Waals surface area contributed by atoms with Crippen LogP contribution in [0.3, 0.4) is 0 Å². The Labute approximate surface area is 132 Å². The number of likely N-dealkylation sites (tertiary alicyclic amines) is 1. The number of hydrogen-bond donors (Lipinski definition) is 1. The van der Waals surface area contributed by atoms with E-state index in [4.69, 9.17) is 0 Å². The van der Waals surface area contributed by atoms with E-state index in [2.05, 4.69) is 43.4 Å². The zero-order valence-electron chi connectivity index (χ0n) is 13.6. The molecule has 1 saturated heterocycles. The van der Waals surface area contributed by atoms with Crippen molar-refractivity contribution in [2.75, 3.05) is 19.6 Å². The molecule has 0 spiro atoms. The van der Waals surface area contributed by atoms with Crippen molar-refractivity contribution in [3.8, 4) is 0 Å². The summed E-state index contributed by atoms with van der Waals surface area (Å²) in [5.41, 5.74) is 2.47. The number of unbranched alkanes of at least 4 members (excludes halogenated alkanes) is 1. The van der Waals surface area contributed by atoms with Gasteiger partial charge in [0.25, 0.3) is 0 Å². The number of amides is 2. The maximum atomic E-state index is 12.0. The van der Waals surface area contributed by atoms with E-state index >= 15 is 0 Å². The molecule has 1 fully saturated rings. The van der Waals surface area contributed by atoms with Gasteiger partial charge in [-0.2, -0.15) is 0 Å². The number of aryl methyl sites for hydroxylation is 1. The highest BCUT2D eigenvalue weighted by molar-refractivity contribution is 5.89. The first-order valence-electron chi connectivity index (χ1n) is 8.21. The van der Waals surface area contributed by atoms with Gasteiger partial charge in [-0.1, -0.05) is 43.2 Å². The Hall–Kier alpha value is -1.84. The largest absolute Gasteiger partial charge is 0.356 e. The Morgan fingerprint density at radius 3 is 2.73 bits per heavy atom. The molecular weight excluding hydrogens is 276 g/mol. The van der Waals surface area contributed by atoms with Gasteiger partial charge in [-0.05, 0) is 25.3 Å². The monoisotopic (exact) mass is 302 g/mol. The molecule has 4 heteroatoms. The molecule has 1 aliphatic rings. The highest BCUT2D eigenvalue weighted by atomic mass is 16.2. The lowest BCUT2D eigenvalue weighted by Crippen LogP contribution is -2.34. The summed E-state index contributed by atoms with van der Waals surface area (Å²) in [6.45, 7) is 6.13. The van der Waals surface area contributed by atoms with E-state index < -0.39 is 0 Å². The van der Waals surface area contributed by atoms with Gasteiger partial charge in [0.15, 0.2) is 0 Å². The van der Waals surface area contributed by atoms with Crippen LogP contribution in [-0.4, -0.2) is 36.3 Å². The zero-order chi connectivity index (χ0) is 15.9. The molecule has 2 rings (SSSR count).